The Morgan fingerprint density at radius 2 is 1.86 bits per heavy atom. The summed E-state index contributed by atoms with van der Waals surface area (Å²) < 4.78 is 29.0. The first kappa shape index (κ1) is 21.2. The molecule has 0 aliphatic carbocycles. The summed E-state index contributed by atoms with van der Waals surface area (Å²) in [6, 6.07) is 10.5. The highest BCUT2D eigenvalue weighted by Crippen LogP contribution is 2.27. The van der Waals surface area contributed by atoms with Gasteiger partial charge < -0.3 is 29.0 Å². The molecule has 1 N–H and O–H groups in total. The number of nitrogens with one attached hydrogen (secondary N) is 1. The largest absolute Gasteiger partial charge is 0.463 e. The number of hydrogen-bond acceptors (Lipinski definition) is 7. The Labute approximate surface area is 166 Å². The van der Waals surface area contributed by atoms with Gasteiger partial charge in [-0.25, -0.2) is 0 Å². The van der Waals surface area contributed by atoms with Crippen LogP contribution in [0.1, 0.15) is 38.3 Å². The minimum atomic E-state index is -0.944. The topological polar surface area (TPSA) is 75.3 Å². The van der Waals surface area contributed by atoms with Crippen molar-refractivity contribution in [1.29, 1.82) is 0 Å². The quantitative estimate of drug-likeness (QED) is 0.679. The first-order valence-corrected chi connectivity index (χ1v) is 10.1. The lowest BCUT2D eigenvalue weighted by molar-refractivity contribution is -0.371. The lowest BCUT2D eigenvalue weighted by Crippen LogP contribution is -2.59. The van der Waals surface area contributed by atoms with Crippen LogP contribution in [0.5, 0.6) is 0 Å². The van der Waals surface area contributed by atoms with Crippen molar-refractivity contribution in [2.24, 2.45) is 0 Å². The summed E-state index contributed by atoms with van der Waals surface area (Å²) in [5, 5.41) is 3.49. The summed E-state index contributed by atoms with van der Waals surface area (Å²) >= 11 is 0. The average molecular weight is 393 g/mol. The van der Waals surface area contributed by atoms with Gasteiger partial charge in [-0.05, 0) is 18.9 Å². The summed E-state index contributed by atoms with van der Waals surface area (Å²) in [5.74, 6) is -1.16. The van der Waals surface area contributed by atoms with Crippen LogP contribution in [-0.2, 0) is 28.5 Å². The second-order valence-corrected chi connectivity index (χ2v) is 7.39. The Hall–Kier alpha value is -1.51. The maximum absolute atomic E-state index is 11.6. The first-order chi connectivity index (χ1) is 13.6. The molecule has 1 aromatic rings. The van der Waals surface area contributed by atoms with Gasteiger partial charge in [0, 0.05) is 19.0 Å². The van der Waals surface area contributed by atoms with Crippen molar-refractivity contribution in [2.45, 2.75) is 50.7 Å². The number of hydrogen-bond donors (Lipinski definition) is 1. The number of rotatable bonds is 8. The Morgan fingerprint density at radius 3 is 2.57 bits per heavy atom. The molecule has 0 aromatic heterocycles. The lowest BCUT2D eigenvalue weighted by Gasteiger charge is -2.45. The van der Waals surface area contributed by atoms with Crippen LogP contribution in [0.2, 0.25) is 0 Å². The molecule has 7 nitrogen and oxygen atoms in total. The predicted octanol–water partition coefficient (Wildman–Crippen LogP) is 2.21. The zero-order valence-corrected chi connectivity index (χ0v) is 16.7. The summed E-state index contributed by atoms with van der Waals surface area (Å²) in [6.45, 7) is 6.34. The highest BCUT2D eigenvalue weighted by atomic mass is 16.8. The van der Waals surface area contributed by atoms with Crippen molar-refractivity contribution in [2.75, 3.05) is 39.6 Å². The molecule has 3 rings (SSSR count). The van der Waals surface area contributed by atoms with Gasteiger partial charge >= 0.3 is 5.97 Å². The van der Waals surface area contributed by atoms with Crippen LogP contribution < -0.4 is 5.32 Å². The summed E-state index contributed by atoms with van der Waals surface area (Å²) in [7, 11) is 0. The Morgan fingerprint density at radius 1 is 1.18 bits per heavy atom. The van der Waals surface area contributed by atoms with E-state index < -0.39 is 5.79 Å². The molecule has 7 heteroatoms. The van der Waals surface area contributed by atoms with Crippen LogP contribution >= 0.6 is 0 Å². The van der Waals surface area contributed by atoms with Crippen molar-refractivity contribution < 1.29 is 28.5 Å². The molecule has 2 aliphatic rings. The van der Waals surface area contributed by atoms with Crippen LogP contribution in [0.3, 0.4) is 0 Å². The van der Waals surface area contributed by atoms with Gasteiger partial charge in [-0.2, -0.15) is 0 Å². The number of carbonyl (C=O) groups excluding carboxylic acids is 1. The monoisotopic (exact) mass is 393 g/mol. The minimum absolute atomic E-state index is 0.148. The number of esters is 1. The molecule has 1 spiro atoms. The van der Waals surface area contributed by atoms with Crippen molar-refractivity contribution in [3.8, 4) is 0 Å². The van der Waals surface area contributed by atoms with Crippen LogP contribution in [0.15, 0.2) is 30.3 Å². The number of ether oxygens (including phenoxy) is 5. The normalized spacial score (nSPS) is 28.8. The van der Waals surface area contributed by atoms with Gasteiger partial charge in [0.1, 0.15) is 25.9 Å². The maximum Gasteiger partial charge on any atom is 0.305 e. The molecule has 0 radical (unpaired) electrons. The molecule has 28 heavy (non-hydrogen) atoms. The van der Waals surface area contributed by atoms with Crippen molar-refractivity contribution in [3.63, 3.8) is 0 Å². The fraction of sp³-hybridized carbons (Fsp3) is 0.667. The van der Waals surface area contributed by atoms with E-state index in [0.717, 1.165) is 6.42 Å². The third kappa shape index (κ3) is 5.99. The molecule has 2 aliphatic heterocycles. The van der Waals surface area contributed by atoms with E-state index in [2.05, 4.69) is 24.4 Å². The second-order valence-electron chi connectivity index (χ2n) is 7.39. The summed E-state index contributed by atoms with van der Waals surface area (Å²) in [5.41, 5.74) is 1.22. The van der Waals surface area contributed by atoms with Gasteiger partial charge in [-0.3, -0.25) is 4.79 Å². The summed E-state index contributed by atoms with van der Waals surface area (Å²) in [6.07, 6.45) is 0.668. The van der Waals surface area contributed by atoms with E-state index in [0.29, 0.717) is 39.4 Å². The molecular formula is C21H31NO6. The van der Waals surface area contributed by atoms with Crippen LogP contribution in [0.4, 0.5) is 0 Å². The molecule has 0 unspecified atom stereocenters. The van der Waals surface area contributed by atoms with Gasteiger partial charge in [0.2, 0.25) is 5.79 Å². The van der Waals surface area contributed by atoms with E-state index in [1.165, 1.54) is 5.56 Å². The van der Waals surface area contributed by atoms with E-state index in [4.69, 9.17) is 23.7 Å². The van der Waals surface area contributed by atoms with E-state index in [1.54, 1.807) is 0 Å². The third-order valence-electron chi connectivity index (χ3n) is 4.85. The first-order valence-electron chi connectivity index (χ1n) is 10.1. The van der Waals surface area contributed by atoms with Gasteiger partial charge in [-0.1, -0.05) is 37.3 Å². The lowest BCUT2D eigenvalue weighted by atomic mass is 10.1. The third-order valence-corrected chi connectivity index (χ3v) is 4.85. The van der Waals surface area contributed by atoms with Crippen LogP contribution in [0, 0.1) is 0 Å². The Kier molecular flexibility index (Phi) is 7.82. The van der Waals surface area contributed by atoms with E-state index in [1.807, 2.05) is 25.1 Å². The van der Waals surface area contributed by atoms with Gasteiger partial charge in [0.25, 0.3) is 0 Å². The Balaban J connectivity index is 1.48. The standard InChI is InChI=1S/C21H31NO6/c1-3-7-20(23)26-13-19-12-25-15-21(28-19)14-24-11-18(27-21)10-22-16(2)17-8-5-4-6-9-17/h4-6,8-9,16,18-19,22H,3,7,10-15H2,1-2H3/t16-,18-,19+,21+/m0/s1. The molecule has 156 valence electrons. The second kappa shape index (κ2) is 10.3. The number of benzene rings is 1. The van der Waals surface area contributed by atoms with E-state index in [9.17, 15) is 4.79 Å². The molecule has 0 saturated carbocycles. The highest BCUT2D eigenvalue weighted by molar-refractivity contribution is 5.69. The van der Waals surface area contributed by atoms with Gasteiger partial charge in [0.15, 0.2) is 0 Å². The van der Waals surface area contributed by atoms with Crippen molar-refractivity contribution in [1.82, 2.24) is 5.32 Å². The van der Waals surface area contributed by atoms with Crippen molar-refractivity contribution in [3.05, 3.63) is 35.9 Å². The fourth-order valence-corrected chi connectivity index (χ4v) is 3.39. The maximum atomic E-state index is 11.6. The molecular weight excluding hydrogens is 362 g/mol. The average Bonchev–Trinajstić information content (AvgIpc) is 2.72. The van der Waals surface area contributed by atoms with E-state index >= 15 is 0 Å². The highest BCUT2D eigenvalue weighted by Gasteiger charge is 2.44. The zero-order chi connectivity index (χ0) is 19.8. The SMILES string of the molecule is CCCC(=O)OC[C@H]1COC[C@@]2(COC[C@H](CN[C@@H](C)c3ccccc3)O2)O1. The minimum Gasteiger partial charge on any atom is -0.463 e. The molecule has 2 saturated heterocycles. The Bertz CT molecular complexity index is 608. The van der Waals surface area contributed by atoms with Gasteiger partial charge in [-0.15, -0.1) is 0 Å². The van der Waals surface area contributed by atoms with E-state index in [-0.39, 0.29) is 30.8 Å². The van der Waals surface area contributed by atoms with Crippen molar-refractivity contribution >= 4 is 5.97 Å². The predicted molar refractivity (Wildman–Crippen MR) is 103 cm³/mol. The smallest absolute Gasteiger partial charge is 0.305 e. The molecule has 0 bridgehead atoms. The van der Waals surface area contributed by atoms with Gasteiger partial charge in [0.05, 0.1) is 19.3 Å². The number of carbonyl (C=O) groups is 1. The summed E-state index contributed by atoms with van der Waals surface area (Å²) in [4.78, 5) is 11.6. The van der Waals surface area contributed by atoms with Crippen LogP contribution in [0.25, 0.3) is 0 Å². The molecule has 0 amide bonds. The molecule has 2 heterocycles. The zero-order valence-electron chi connectivity index (χ0n) is 16.7. The molecule has 1 aromatic carbocycles. The van der Waals surface area contributed by atoms with Crippen LogP contribution in [-0.4, -0.2) is 63.5 Å². The molecule has 2 fully saturated rings. The fourth-order valence-electron chi connectivity index (χ4n) is 3.39. The molecule has 4 atom stereocenters.